The van der Waals surface area contributed by atoms with Crippen LogP contribution < -0.4 is 10.6 Å². The number of nitro groups is 1. The van der Waals surface area contributed by atoms with Crippen LogP contribution in [0.3, 0.4) is 0 Å². The van der Waals surface area contributed by atoms with E-state index in [0.717, 1.165) is 12.1 Å². The van der Waals surface area contributed by atoms with Crippen LogP contribution in [0.4, 0.5) is 15.8 Å². The van der Waals surface area contributed by atoms with E-state index >= 15 is 0 Å². The number of nitrogens with zero attached hydrogens (tertiary/aromatic N) is 1. The number of rotatable bonds is 5. The zero-order valence-electron chi connectivity index (χ0n) is 9.20. The molecule has 0 spiro atoms. The highest BCUT2D eigenvalue weighted by Gasteiger charge is 2.12. The van der Waals surface area contributed by atoms with Crippen molar-refractivity contribution < 1.29 is 14.1 Å². The van der Waals surface area contributed by atoms with Crippen LogP contribution in [-0.4, -0.2) is 24.4 Å². The Kier molecular flexibility index (Phi) is 4.53. The van der Waals surface area contributed by atoms with Gasteiger partial charge in [0.15, 0.2) is 5.82 Å². The van der Waals surface area contributed by atoms with Crippen molar-refractivity contribution in [3.05, 3.63) is 34.1 Å². The summed E-state index contributed by atoms with van der Waals surface area (Å²) < 4.78 is 13.4. The van der Waals surface area contributed by atoms with Crippen LogP contribution in [-0.2, 0) is 4.79 Å². The second-order valence-electron chi connectivity index (χ2n) is 3.32. The van der Waals surface area contributed by atoms with Crippen LogP contribution in [0.1, 0.15) is 6.42 Å². The van der Waals surface area contributed by atoms with Gasteiger partial charge in [0, 0.05) is 19.0 Å². The van der Waals surface area contributed by atoms with Crippen molar-refractivity contribution in [1.29, 1.82) is 0 Å². The summed E-state index contributed by atoms with van der Waals surface area (Å²) in [5, 5.41) is 15.5. The first-order chi connectivity index (χ1) is 8.04. The van der Waals surface area contributed by atoms with Crippen molar-refractivity contribution >= 4 is 17.3 Å². The molecule has 0 saturated heterocycles. The topological polar surface area (TPSA) is 84.3 Å². The van der Waals surface area contributed by atoms with Crippen molar-refractivity contribution in [3.63, 3.8) is 0 Å². The van der Waals surface area contributed by atoms with Crippen molar-refractivity contribution in [2.24, 2.45) is 0 Å². The number of anilines is 1. The molecule has 17 heavy (non-hydrogen) atoms. The SMILES string of the molecule is CNCCC(=O)Nc1ccc([N+](=O)[O-])cc1F. The van der Waals surface area contributed by atoms with Crippen LogP contribution in [0.2, 0.25) is 0 Å². The standard InChI is InChI=1S/C10H12FN3O3/c1-12-5-4-10(15)13-9-3-2-7(14(16)17)6-8(9)11/h2-3,6,12H,4-5H2,1H3,(H,13,15). The highest BCUT2D eigenvalue weighted by molar-refractivity contribution is 5.91. The summed E-state index contributed by atoms with van der Waals surface area (Å²) in [4.78, 5) is 21.0. The molecule has 0 bridgehead atoms. The van der Waals surface area contributed by atoms with Crippen molar-refractivity contribution in [1.82, 2.24) is 5.32 Å². The minimum absolute atomic E-state index is 0.0586. The van der Waals surface area contributed by atoms with Crippen LogP contribution in [0, 0.1) is 15.9 Å². The summed E-state index contributed by atoms with van der Waals surface area (Å²) in [7, 11) is 1.69. The Morgan fingerprint density at radius 3 is 2.76 bits per heavy atom. The molecule has 0 radical (unpaired) electrons. The molecule has 0 fully saturated rings. The van der Waals surface area contributed by atoms with Crippen molar-refractivity contribution in [3.8, 4) is 0 Å². The quantitative estimate of drug-likeness (QED) is 0.600. The maximum absolute atomic E-state index is 13.4. The van der Waals surface area contributed by atoms with Gasteiger partial charge in [-0.3, -0.25) is 14.9 Å². The monoisotopic (exact) mass is 241 g/mol. The molecule has 6 nitrogen and oxygen atoms in total. The number of hydrogen-bond donors (Lipinski definition) is 2. The zero-order chi connectivity index (χ0) is 12.8. The van der Waals surface area contributed by atoms with E-state index < -0.39 is 10.7 Å². The van der Waals surface area contributed by atoms with Gasteiger partial charge in [0.2, 0.25) is 5.91 Å². The first-order valence-corrected chi connectivity index (χ1v) is 4.93. The second kappa shape index (κ2) is 5.90. The largest absolute Gasteiger partial charge is 0.324 e. The number of halogens is 1. The highest BCUT2D eigenvalue weighted by Crippen LogP contribution is 2.20. The molecule has 92 valence electrons. The highest BCUT2D eigenvalue weighted by atomic mass is 19.1. The van der Waals surface area contributed by atoms with Crippen molar-refractivity contribution in [2.75, 3.05) is 18.9 Å². The maximum Gasteiger partial charge on any atom is 0.272 e. The Balaban J connectivity index is 2.72. The Bertz CT molecular complexity index is 437. The molecule has 0 aliphatic heterocycles. The van der Waals surface area contributed by atoms with Gasteiger partial charge in [0.05, 0.1) is 16.7 Å². The lowest BCUT2D eigenvalue weighted by Gasteiger charge is -2.05. The van der Waals surface area contributed by atoms with Crippen LogP contribution >= 0.6 is 0 Å². The molecule has 0 unspecified atom stereocenters. The number of carbonyl (C=O) groups is 1. The van der Waals surface area contributed by atoms with Gasteiger partial charge in [0.25, 0.3) is 5.69 Å². The predicted octanol–water partition coefficient (Wildman–Crippen LogP) is 1.28. The Hall–Kier alpha value is -2.02. The molecule has 0 heterocycles. The Labute approximate surface area is 97.0 Å². The van der Waals surface area contributed by atoms with E-state index in [0.29, 0.717) is 6.54 Å². The molecule has 1 amide bonds. The lowest BCUT2D eigenvalue weighted by molar-refractivity contribution is -0.385. The van der Waals surface area contributed by atoms with E-state index in [1.165, 1.54) is 6.07 Å². The Morgan fingerprint density at radius 2 is 2.24 bits per heavy atom. The van der Waals surface area contributed by atoms with Crippen molar-refractivity contribution in [2.45, 2.75) is 6.42 Å². The second-order valence-corrected chi connectivity index (χ2v) is 3.32. The fourth-order valence-corrected chi connectivity index (χ4v) is 1.17. The molecule has 1 rings (SSSR count). The molecule has 0 aromatic heterocycles. The maximum atomic E-state index is 13.4. The Morgan fingerprint density at radius 1 is 1.53 bits per heavy atom. The first kappa shape index (κ1) is 13.0. The van der Waals surface area contributed by atoms with Crippen LogP contribution in [0.5, 0.6) is 0 Å². The van der Waals surface area contributed by atoms with E-state index in [1.807, 2.05) is 0 Å². The third kappa shape index (κ3) is 3.80. The number of carbonyl (C=O) groups excluding carboxylic acids is 1. The van der Waals surface area contributed by atoms with Gasteiger partial charge in [0.1, 0.15) is 0 Å². The van der Waals surface area contributed by atoms with E-state index in [1.54, 1.807) is 7.05 Å². The lowest BCUT2D eigenvalue weighted by atomic mass is 10.2. The summed E-state index contributed by atoms with van der Waals surface area (Å²) in [6.45, 7) is 0.473. The number of nitrogens with one attached hydrogen (secondary N) is 2. The molecule has 0 aliphatic carbocycles. The van der Waals surface area contributed by atoms with E-state index in [9.17, 15) is 19.3 Å². The van der Waals surface area contributed by atoms with Crippen LogP contribution in [0.25, 0.3) is 0 Å². The summed E-state index contributed by atoms with van der Waals surface area (Å²) in [6, 6.07) is 3.08. The molecular formula is C10H12FN3O3. The zero-order valence-corrected chi connectivity index (χ0v) is 9.20. The summed E-state index contributed by atoms with van der Waals surface area (Å²) in [5.74, 6) is -1.18. The first-order valence-electron chi connectivity index (χ1n) is 4.93. The number of non-ortho nitro benzene ring substituents is 1. The van der Waals surface area contributed by atoms with Gasteiger partial charge in [-0.2, -0.15) is 0 Å². The third-order valence-corrected chi connectivity index (χ3v) is 2.04. The minimum Gasteiger partial charge on any atom is -0.324 e. The summed E-state index contributed by atoms with van der Waals surface area (Å²) >= 11 is 0. The smallest absolute Gasteiger partial charge is 0.272 e. The van der Waals surface area contributed by atoms with Gasteiger partial charge in [-0.05, 0) is 13.1 Å². The normalized spacial score (nSPS) is 10.0. The summed E-state index contributed by atoms with van der Waals surface area (Å²) in [5.41, 5.74) is -0.410. The number of benzene rings is 1. The molecular weight excluding hydrogens is 229 g/mol. The predicted molar refractivity (Wildman–Crippen MR) is 60.2 cm³/mol. The molecule has 0 aliphatic rings. The van der Waals surface area contributed by atoms with Gasteiger partial charge in [-0.15, -0.1) is 0 Å². The molecule has 1 aromatic rings. The fourth-order valence-electron chi connectivity index (χ4n) is 1.17. The molecule has 7 heteroatoms. The minimum atomic E-state index is -0.822. The summed E-state index contributed by atoms with van der Waals surface area (Å²) in [6.07, 6.45) is 0.201. The molecule has 0 saturated carbocycles. The fraction of sp³-hybridized carbons (Fsp3) is 0.300. The van der Waals surface area contributed by atoms with E-state index in [4.69, 9.17) is 0 Å². The average Bonchev–Trinajstić information content (AvgIpc) is 2.28. The number of nitro benzene ring substituents is 1. The number of amides is 1. The van der Waals surface area contributed by atoms with Gasteiger partial charge in [-0.25, -0.2) is 4.39 Å². The van der Waals surface area contributed by atoms with E-state index in [2.05, 4.69) is 10.6 Å². The number of hydrogen-bond acceptors (Lipinski definition) is 4. The van der Waals surface area contributed by atoms with Gasteiger partial charge in [-0.1, -0.05) is 0 Å². The van der Waals surface area contributed by atoms with Gasteiger partial charge >= 0.3 is 0 Å². The lowest BCUT2D eigenvalue weighted by Crippen LogP contribution is -2.19. The molecule has 1 aromatic carbocycles. The average molecular weight is 241 g/mol. The third-order valence-electron chi connectivity index (χ3n) is 2.04. The van der Waals surface area contributed by atoms with Crippen LogP contribution in [0.15, 0.2) is 18.2 Å². The molecule has 0 atom stereocenters. The van der Waals surface area contributed by atoms with E-state index in [-0.39, 0.29) is 23.7 Å². The van der Waals surface area contributed by atoms with Gasteiger partial charge < -0.3 is 10.6 Å². The molecule has 2 N–H and O–H groups in total.